The summed E-state index contributed by atoms with van der Waals surface area (Å²) in [4.78, 5) is 39.6. The van der Waals surface area contributed by atoms with Gasteiger partial charge in [-0.15, -0.1) is 0 Å². The van der Waals surface area contributed by atoms with Gasteiger partial charge in [0.05, 0.1) is 12.5 Å². The number of amides is 3. The highest BCUT2D eigenvalue weighted by Crippen LogP contribution is 2.55. The van der Waals surface area contributed by atoms with Crippen molar-refractivity contribution in [2.24, 2.45) is 17.3 Å². The van der Waals surface area contributed by atoms with Gasteiger partial charge in [0.2, 0.25) is 18.2 Å². The Hall–Kier alpha value is -2.42. The van der Waals surface area contributed by atoms with Gasteiger partial charge in [0.1, 0.15) is 11.8 Å². The molecule has 2 saturated carbocycles. The van der Waals surface area contributed by atoms with Crippen molar-refractivity contribution in [3.63, 3.8) is 0 Å². The van der Waals surface area contributed by atoms with Crippen LogP contribution in [0.4, 0.5) is 5.82 Å². The van der Waals surface area contributed by atoms with Crippen LogP contribution in [0.5, 0.6) is 0 Å². The van der Waals surface area contributed by atoms with Crippen molar-refractivity contribution in [3.8, 4) is 0 Å². The Kier molecular flexibility index (Phi) is 6.53. The van der Waals surface area contributed by atoms with E-state index in [9.17, 15) is 19.6 Å². The Bertz CT molecular complexity index is 882. The van der Waals surface area contributed by atoms with Crippen molar-refractivity contribution < 1.29 is 24.1 Å². The van der Waals surface area contributed by atoms with Crippen molar-refractivity contribution in [1.82, 2.24) is 15.1 Å². The molecule has 182 valence electrons. The van der Waals surface area contributed by atoms with E-state index < -0.39 is 12.0 Å². The molecule has 2 aliphatic carbocycles. The van der Waals surface area contributed by atoms with Crippen LogP contribution < -0.4 is 5.32 Å². The summed E-state index contributed by atoms with van der Waals surface area (Å²) < 4.78 is 5.38. The van der Waals surface area contributed by atoms with E-state index in [1.54, 1.807) is 11.0 Å². The van der Waals surface area contributed by atoms with E-state index in [1.165, 1.54) is 0 Å². The third-order valence-corrected chi connectivity index (χ3v) is 7.52. The average Bonchev–Trinajstić information content (AvgIpc) is 3.14. The highest BCUT2D eigenvalue weighted by Gasteiger charge is 2.56. The second-order valence-electron chi connectivity index (χ2n) is 11.3. The second kappa shape index (κ2) is 9.08. The standard InChI is InChI=1S/C24H36N4O5/c1-23(2,3)19-11-20(26-33-19)25-21(30)18-12-24(8-9-24)14-28(18)22(31)17(13-27(32)15-29)10-16-6-4-5-7-16/h11,15-18,32H,4-10,12-14H2,1-3H3,(H,25,26,30)/t17-,18+/m1/s1. The summed E-state index contributed by atoms with van der Waals surface area (Å²) in [5.74, 6) is 0.490. The summed E-state index contributed by atoms with van der Waals surface area (Å²) in [6.45, 7) is 6.50. The van der Waals surface area contributed by atoms with Crippen LogP contribution in [0.1, 0.15) is 77.9 Å². The first-order valence-electron chi connectivity index (χ1n) is 12.1. The predicted molar refractivity (Wildman–Crippen MR) is 120 cm³/mol. The molecular weight excluding hydrogens is 424 g/mol. The maximum atomic E-state index is 13.7. The number of aromatic nitrogens is 1. The third kappa shape index (κ3) is 5.39. The zero-order valence-electron chi connectivity index (χ0n) is 19.9. The van der Waals surface area contributed by atoms with Crippen LogP contribution in [0.2, 0.25) is 0 Å². The molecule has 2 heterocycles. The quantitative estimate of drug-likeness (QED) is 0.349. The van der Waals surface area contributed by atoms with Gasteiger partial charge in [0, 0.05) is 18.0 Å². The van der Waals surface area contributed by atoms with Crippen LogP contribution >= 0.6 is 0 Å². The van der Waals surface area contributed by atoms with Gasteiger partial charge in [0.25, 0.3) is 0 Å². The molecule has 1 saturated heterocycles. The normalized spacial score (nSPS) is 23.0. The number of nitrogens with zero attached hydrogens (tertiary/aromatic N) is 3. The van der Waals surface area contributed by atoms with E-state index in [0.29, 0.717) is 48.4 Å². The molecule has 9 nitrogen and oxygen atoms in total. The first-order chi connectivity index (χ1) is 15.6. The Balaban J connectivity index is 1.49. The average molecular weight is 461 g/mol. The maximum Gasteiger partial charge on any atom is 0.248 e. The Morgan fingerprint density at radius 1 is 1.36 bits per heavy atom. The maximum absolute atomic E-state index is 13.7. The number of hydroxylamine groups is 2. The highest BCUT2D eigenvalue weighted by molar-refractivity contribution is 5.97. The lowest BCUT2D eigenvalue weighted by Gasteiger charge is -2.30. The molecule has 2 atom stereocenters. The van der Waals surface area contributed by atoms with Crippen LogP contribution in [0.25, 0.3) is 0 Å². The van der Waals surface area contributed by atoms with E-state index in [0.717, 1.165) is 38.5 Å². The van der Waals surface area contributed by atoms with E-state index in [1.807, 2.05) is 20.8 Å². The smallest absolute Gasteiger partial charge is 0.248 e. The highest BCUT2D eigenvalue weighted by atomic mass is 16.5. The Labute approximate surface area is 194 Å². The second-order valence-corrected chi connectivity index (χ2v) is 11.3. The fraction of sp³-hybridized carbons (Fsp3) is 0.750. The minimum absolute atomic E-state index is 0.0134. The number of nitrogens with one attached hydrogen (secondary N) is 1. The number of likely N-dealkylation sites (tertiary alicyclic amines) is 1. The number of anilines is 1. The van der Waals surface area contributed by atoms with Gasteiger partial charge in [-0.3, -0.25) is 19.6 Å². The van der Waals surface area contributed by atoms with Crippen molar-refractivity contribution in [2.45, 2.75) is 83.6 Å². The van der Waals surface area contributed by atoms with Crippen LogP contribution in [0.15, 0.2) is 10.6 Å². The molecule has 3 aliphatic rings. The lowest BCUT2D eigenvalue weighted by atomic mass is 9.91. The third-order valence-electron chi connectivity index (χ3n) is 7.52. The molecule has 9 heteroatoms. The van der Waals surface area contributed by atoms with Crippen molar-refractivity contribution >= 4 is 24.0 Å². The molecule has 1 spiro atoms. The summed E-state index contributed by atoms with van der Waals surface area (Å²) in [5, 5.41) is 17.2. The molecule has 33 heavy (non-hydrogen) atoms. The van der Waals surface area contributed by atoms with Crippen LogP contribution in [0.3, 0.4) is 0 Å². The minimum Gasteiger partial charge on any atom is -0.359 e. The van der Waals surface area contributed by atoms with Gasteiger partial charge < -0.3 is 14.7 Å². The lowest BCUT2D eigenvalue weighted by molar-refractivity contribution is -0.158. The van der Waals surface area contributed by atoms with Crippen molar-refractivity contribution in [1.29, 1.82) is 0 Å². The topological polar surface area (TPSA) is 116 Å². The molecule has 2 N–H and O–H groups in total. The fourth-order valence-corrected chi connectivity index (χ4v) is 5.36. The van der Waals surface area contributed by atoms with E-state index in [4.69, 9.17) is 4.52 Å². The molecule has 0 aromatic carbocycles. The van der Waals surface area contributed by atoms with E-state index in [-0.39, 0.29) is 29.2 Å². The van der Waals surface area contributed by atoms with Crippen LogP contribution in [-0.4, -0.2) is 57.7 Å². The molecule has 1 aromatic heterocycles. The SMILES string of the molecule is CC(C)(C)c1cc(NC(=O)[C@@H]2CC3(CC3)CN2C(=O)[C@H](CC2CCCC2)CN(O)C=O)no1. The summed E-state index contributed by atoms with van der Waals surface area (Å²) in [7, 11) is 0. The molecular formula is C24H36N4O5. The van der Waals surface area contributed by atoms with Crippen LogP contribution in [0, 0.1) is 17.3 Å². The summed E-state index contributed by atoms with van der Waals surface area (Å²) >= 11 is 0. The van der Waals surface area contributed by atoms with E-state index >= 15 is 0 Å². The minimum atomic E-state index is -0.593. The van der Waals surface area contributed by atoms with Gasteiger partial charge in [0.15, 0.2) is 5.82 Å². The Morgan fingerprint density at radius 2 is 2.06 bits per heavy atom. The molecule has 3 fully saturated rings. The monoisotopic (exact) mass is 460 g/mol. The van der Waals surface area contributed by atoms with Crippen LogP contribution in [-0.2, 0) is 19.8 Å². The van der Waals surface area contributed by atoms with E-state index in [2.05, 4.69) is 10.5 Å². The molecule has 3 amide bonds. The molecule has 0 unspecified atom stereocenters. The molecule has 1 aliphatic heterocycles. The summed E-state index contributed by atoms with van der Waals surface area (Å²) in [5.41, 5.74) is -0.217. The van der Waals surface area contributed by atoms with Gasteiger partial charge in [-0.25, -0.2) is 5.06 Å². The summed E-state index contributed by atoms with van der Waals surface area (Å²) in [6.07, 6.45) is 8.02. The number of hydrogen-bond donors (Lipinski definition) is 2. The zero-order valence-corrected chi connectivity index (χ0v) is 19.9. The predicted octanol–water partition coefficient (Wildman–Crippen LogP) is 3.34. The van der Waals surface area contributed by atoms with Gasteiger partial charge in [-0.2, -0.15) is 0 Å². The van der Waals surface area contributed by atoms with Gasteiger partial charge in [-0.05, 0) is 37.0 Å². The van der Waals surface area contributed by atoms with Gasteiger partial charge >= 0.3 is 0 Å². The fourth-order valence-electron chi connectivity index (χ4n) is 5.36. The number of carbonyl (C=O) groups excluding carboxylic acids is 3. The first kappa shape index (κ1) is 23.7. The molecule has 0 radical (unpaired) electrons. The van der Waals surface area contributed by atoms with Gasteiger partial charge in [-0.1, -0.05) is 51.6 Å². The lowest BCUT2D eigenvalue weighted by Crippen LogP contribution is -2.48. The number of rotatable bonds is 8. The number of hydrogen-bond acceptors (Lipinski definition) is 6. The summed E-state index contributed by atoms with van der Waals surface area (Å²) in [6, 6.07) is 1.13. The van der Waals surface area contributed by atoms with Crippen molar-refractivity contribution in [2.75, 3.05) is 18.4 Å². The Morgan fingerprint density at radius 3 is 2.64 bits per heavy atom. The zero-order chi connectivity index (χ0) is 23.8. The first-order valence-corrected chi connectivity index (χ1v) is 12.1. The van der Waals surface area contributed by atoms with Crippen molar-refractivity contribution in [3.05, 3.63) is 11.8 Å². The number of carbonyl (C=O) groups is 3. The molecule has 4 rings (SSSR count). The molecule has 1 aromatic rings. The molecule has 0 bridgehead atoms. The largest absolute Gasteiger partial charge is 0.359 e.